The fraction of sp³-hybridized carbons (Fsp3) is 0.250. The molecule has 8 nitrogen and oxygen atoms in total. The first kappa shape index (κ1) is 23.6. The molecular formula is C28H29N6O2+. The van der Waals surface area contributed by atoms with Gasteiger partial charge in [0.05, 0.1) is 31.1 Å². The number of amides is 2. The zero-order chi connectivity index (χ0) is 25.3. The second-order valence-corrected chi connectivity index (χ2v) is 9.19. The lowest BCUT2D eigenvalue weighted by Gasteiger charge is -2.29. The molecule has 0 aliphatic carbocycles. The highest BCUT2D eigenvalue weighted by molar-refractivity contribution is 6.05. The number of rotatable bonds is 6. The third-order valence-corrected chi connectivity index (χ3v) is 6.98. The molecule has 36 heavy (non-hydrogen) atoms. The zero-order valence-corrected chi connectivity index (χ0v) is 20.5. The summed E-state index contributed by atoms with van der Waals surface area (Å²) in [7, 11) is 2.06. The van der Waals surface area contributed by atoms with Crippen molar-refractivity contribution >= 4 is 29.7 Å². The molecule has 0 radical (unpaired) electrons. The van der Waals surface area contributed by atoms with Crippen molar-refractivity contribution in [1.82, 2.24) is 9.88 Å². The summed E-state index contributed by atoms with van der Waals surface area (Å²) in [5.74, 6) is 1.06. The van der Waals surface area contributed by atoms with Crippen LogP contribution in [0.3, 0.4) is 0 Å². The number of nitrogens with one attached hydrogen (secondary N) is 1. The number of fused-ring (bicyclic) bond motifs is 1. The minimum absolute atomic E-state index is 0.0823. The molecule has 3 aliphatic heterocycles. The molecule has 2 unspecified atom stereocenters. The van der Waals surface area contributed by atoms with Crippen molar-refractivity contribution in [2.45, 2.75) is 32.2 Å². The molecule has 1 fully saturated rings. The summed E-state index contributed by atoms with van der Waals surface area (Å²) in [6, 6.07) is 11.1. The molecule has 2 amide bonds. The fourth-order valence-corrected chi connectivity index (χ4v) is 4.98. The molecule has 0 spiro atoms. The zero-order valence-electron chi connectivity index (χ0n) is 20.5. The maximum atomic E-state index is 12.8. The third kappa shape index (κ3) is 4.09. The van der Waals surface area contributed by atoms with Gasteiger partial charge in [-0.25, -0.2) is 9.47 Å². The predicted molar refractivity (Wildman–Crippen MR) is 140 cm³/mol. The number of allylic oxidation sites excluding steroid dienone is 1. The number of hydrogen-bond acceptors (Lipinski definition) is 5. The number of hydrogen-bond donors (Lipinski definition) is 1. The van der Waals surface area contributed by atoms with Gasteiger partial charge in [-0.15, -0.1) is 0 Å². The third-order valence-electron chi connectivity index (χ3n) is 6.98. The predicted octanol–water partition coefficient (Wildman–Crippen LogP) is 4.05. The maximum Gasteiger partial charge on any atom is 0.256 e. The van der Waals surface area contributed by atoms with Crippen LogP contribution < -0.4 is 5.32 Å². The molecule has 5 rings (SSSR count). The lowest BCUT2D eigenvalue weighted by atomic mass is 10.1. The van der Waals surface area contributed by atoms with Crippen LogP contribution in [-0.2, 0) is 11.2 Å². The number of carbonyl (C=O) groups excluding carboxylic acids is 2. The molecule has 2 aromatic rings. The van der Waals surface area contributed by atoms with Crippen molar-refractivity contribution in [2.24, 2.45) is 9.98 Å². The van der Waals surface area contributed by atoms with Gasteiger partial charge in [0.2, 0.25) is 11.7 Å². The van der Waals surface area contributed by atoms with Gasteiger partial charge >= 0.3 is 0 Å². The van der Waals surface area contributed by atoms with Crippen LogP contribution in [0.25, 0.3) is 0 Å². The summed E-state index contributed by atoms with van der Waals surface area (Å²) in [5.41, 5.74) is 4.35. The minimum Gasteiger partial charge on any atom is -0.330 e. The van der Waals surface area contributed by atoms with Crippen molar-refractivity contribution in [3.05, 3.63) is 95.7 Å². The Kier molecular flexibility index (Phi) is 6.20. The number of aryl methyl sites for hydroxylation is 1. The largest absolute Gasteiger partial charge is 0.330 e. The van der Waals surface area contributed by atoms with E-state index in [2.05, 4.69) is 35.8 Å². The first-order valence-corrected chi connectivity index (χ1v) is 12.2. The molecule has 1 N–H and O–H groups in total. The Morgan fingerprint density at radius 3 is 2.81 bits per heavy atom. The van der Waals surface area contributed by atoms with Gasteiger partial charge in [-0.3, -0.25) is 14.6 Å². The second kappa shape index (κ2) is 9.47. The Hall–Kier alpha value is -4.17. The molecular weight excluding hydrogens is 452 g/mol. The molecule has 0 bridgehead atoms. The van der Waals surface area contributed by atoms with Gasteiger partial charge in [0, 0.05) is 18.3 Å². The number of aliphatic imine (C=N–C) groups is 2. The van der Waals surface area contributed by atoms with E-state index in [1.807, 2.05) is 41.6 Å². The number of aromatic nitrogens is 1. The summed E-state index contributed by atoms with van der Waals surface area (Å²) in [4.78, 5) is 40.8. The summed E-state index contributed by atoms with van der Waals surface area (Å²) >= 11 is 0. The van der Waals surface area contributed by atoms with Crippen LogP contribution in [0.4, 0.5) is 5.82 Å². The Bertz CT molecular complexity index is 1350. The molecule has 2 atom stereocenters. The summed E-state index contributed by atoms with van der Waals surface area (Å²) in [6.07, 6.45) is 11.3. The van der Waals surface area contributed by atoms with Gasteiger partial charge in [-0.1, -0.05) is 13.5 Å². The van der Waals surface area contributed by atoms with Gasteiger partial charge in [0.15, 0.2) is 5.70 Å². The van der Waals surface area contributed by atoms with Gasteiger partial charge in [-0.2, -0.15) is 4.99 Å². The normalized spacial score (nSPS) is 22.4. The van der Waals surface area contributed by atoms with E-state index < -0.39 is 0 Å². The van der Waals surface area contributed by atoms with E-state index in [1.54, 1.807) is 24.5 Å². The maximum absolute atomic E-state index is 12.8. The second-order valence-electron chi connectivity index (χ2n) is 9.19. The van der Waals surface area contributed by atoms with Gasteiger partial charge in [0.1, 0.15) is 17.7 Å². The van der Waals surface area contributed by atoms with Crippen LogP contribution in [0.1, 0.15) is 41.3 Å². The molecule has 1 saturated heterocycles. The number of nitrogens with zero attached hydrogens (tertiary/aromatic N) is 5. The molecule has 0 saturated carbocycles. The van der Waals surface area contributed by atoms with Crippen molar-refractivity contribution in [3.8, 4) is 0 Å². The molecule has 3 aliphatic rings. The average Bonchev–Trinajstić information content (AvgIpc) is 3.50. The monoisotopic (exact) mass is 481 g/mol. The smallest absolute Gasteiger partial charge is 0.256 e. The van der Waals surface area contributed by atoms with E-state index >= 15 is 0 Å². The number of carbonyl (C=O) groups is 2. The molecule has 182 valence electrons. The van der Waals surface area contributed by atoms with E-state index in [1.165, 1.54) is 6.08 Å². The Labute approximate surface area is 210 Å². The topological polar surface area (TPSA) is 87.0 Å². The quantitative estimate of drug-likeness (QED) is 0.499. The summed E-state index contributed by atoms with van der Waals surface area (Å²) in [5, 5.41) is 2.87. The highest BCUT2D eigenvalue weighted by Crippen LogP contribution is 2.38. The van der Waals surface area contributed by atoms with Crippen LogP contribution in [0.15, 0.2) is 89.0 Å². The van der Waals surface area contributed by atoms with Gasteiger partial charge < -0.3 is 10.2 Å². The summed E-state index contributed by atoms with van der Waals surface area (Å²) < 4.78 is 0.352. The lowest BCUT2D eigenvalue weighted by Crippen LogP contribution is -2.43. The van der Waals surface area contributed by atoms with Crippen molar-refractivity contribution < 1.29 is 14.1 Å². The first-order chi connectivity index (χ1) is 17.4. The number of likely N-dealkylation sites (tertiary alicyclic amines) is 1. The Balaban J connectivity index is 1.43. The number of benzene rings is 1. The highest BCUT2D eigenvalue weighted by Gasteiger charge is 2.46. The SMILES string of the molecule is C=CC(=O)N1CCCC1C1=C2C=NC=C[N+]2(C)C(c2ccc(C(=O)Nc3cc(CC)ccn3)cc2)=N1. The molecule has 1 aromatic carbocycles. The fourth-order valence-electron chi connectivity index (χ4n) is 4.98. The number of amidine groups is 1. The van der Waals surface area contributed by atoms with Crippen molar-refractivity contribution in [1.29, 1.82) is 0 Å². The van der Waals surface area contributed by atoms with E-state index in [0.717, 1.165) is 47.6 Å². The van der Waals surface area contributed by atoms with Crippen molar-refractivity contribution in [2.75, 3.05) is 18.9 Å². The number of quaternary nitrogens is 1. The average molecular weight is 482 g/mol. The highest BCUT2D eigenvalue weighted by atomic mass is 16.2. The van der Waals surface area contributed by atoms with E-state index in [0.29, 0.717) is 22.4 Å². The lowest BCUT2D eigenvalue weighted by molar-refractivity contribution is -0.713. The van der Waals surface area contributed by atoms with Crippen LogP contribution in [0.2, 0.25) is 0 Å². The van der Waals surface area contributed by atoms with E-state index in [4.69, 9.17) is 4.99 Å². The van der Waals surface area contributed by atoms with E-state index in [9.17, 15) is 9.59 Å². The summed E-state index contributed by atoms with van der Waals surface area (Å²) in [6.45, 7) is 6.41. The Morgan fingerprint density at radius 1 is 1.25 bits per heavy atom. The molecule has 1 aromatic heterocycles. The minimum atomic E-state index is -0.218. The van der Waals surface area contributed by atoms with Gasteiger partial charge in [-0.05, 0) is 67.3 Å². The van der Waals surface area contributed by atoms with E-state index in [-0.39, 0.29) is 17.9 Å². The first-order valence-electron chi connectivity index (χ1n) is 12.2. The van der Waals surface area contributed by atoms with Crippen LogP contribution >= 0.6 is 0 Å². The number of anilines is 1. The standard InChI is InChI=1S/C28H28N6O2/c1-4-19-12-13-30-24(17-19)31-28(36)21-10-8-20(9-11-21)27-32-26(23-18-29-14-16-34(23,27)3)22-7-6-15-33(22)25(35)5-2/h5,8-14,16-18,22H,2,4,6-7,15H2,1,3H3/p+1. The van der Waals surface area contributed by atoms with Gasteiger partial charge in [0.25, 0.3) is 5.91 Å². The molecule has 4 heterocycles. The van der Waals surface area contributed by atoms with Crippen molar-refractivity contribution in [3.63, 3.8) is 0 Å². The van der Waals surface area contributed by atoms with Crippen LogP contribution in [-0.4, -0.2) is 57.9 Å². The molecule has 8 heteroatoms. The van der Waals surface area contributed by atoms with Crippen LogP contribution in [0, 0.1) is 0 Å². The van der Waals surface area contributed by atoms with Crippen LogP contribution in [0.5, 0.6) is 0 Å². The Morgan fingerprint density at radius 2 is 2.06 bits per heavy atom. The number of pyridine rings is 1.